The molecule has 2 aromatic rings. The summed E-state index contributed by atoms with van der Waals surface area (Å²) in [4.78, 5) is 10.8. The van der Waals surface area contributed by atoms with Crippen molar-refractivity contribution >= 4 is 17.0 Å². The first kappa shape index (κ1) is 9.58. The first-order valence-electron chi connectivity index (χ1n) is 4.69. The minimum atomic E-state index is -0.978. The molecule has 2 rings (SSSR count). The molecule has 0 saturated heterocycles. The third-order valence-corrected chi connectivity index (χ3v) is 2.18. The maximum absolute atomic E-state index is 10.8. The second kappa shape index (κ2) is 3.65. The number of rotatable bonds is 2. The third kappa shape index (κ3) is 1.66. The number of fused-ring (bicyclic) bond motifs is 1. The Hall–Kier alpha value is -1.97. The normalized spacial score (nSPS) is 10.5. The zero-order chi connectivity index (χ0) is 10.8. The van der Waals surface area contributed by atoms with Crippen molar-refractivity contribution in [2.24, 2.45) is 0 Å². The molecule has 78 valence electrons. The summed E-state index contributed by atoms with van der Waals surface area (Å²) < 4.78 is 6.51. The predicted octanol–water partition coefficient (Wildman–Crippen LogP) is 2.57. The van der Waals surface area contributed by atoms with Gasteiger partial charge in [0.15, 0.2) is 0 Å². The van der Waals surface area contributed by atoms with Gasteiger partial charge in [-0.1, -0.05) is 0 Å². The van der Waals surface area contributed by atoms with Crippen LogP contribution in [-0.4, -0.2) is 22.4 Å². The fourth-order valence-electron chi connectivity index (χ4n) is 1.54. The van der Waals surface area contributed by atoms with Crippen LogP contribution in [0.25, 0.3) is 10.9 Å². The Morgan fingerprint density at radius 1 is 1.47 bits per heavy atom. The van der Waals surface area contributed by atoms with Gasteiger partial charge in [-0.2, -0.15) is 0 Å². The van der Waals surface area contributed by atoms with Gasteiger partial charge in [-0.15, -0.1) is 0 Å². The molecule has 0 bridgehead atoms. The van der Waals surface area contributed by atoms with Crippen molar-refractivity contribution in [2.45, 2.75) is 6.92 Å². The Morgan fingerprint density at radius 3 is 2.93 bits per heavy atom. The molecule has 1 heterocycles. The van der Waals surface area contributed by atoms with E-state index in [-0.39, 0.29) is 0 Å². The third-order valence-electron chi connectivity index (χ3n) is 2.18. The van der Waals surface area contributed by atoms with Gasteiger partial charge < -0.3 is 9.84 Å². The van der Waals surface area contributed by atoms with Crippen molar-refractivity contribution in [1.29, 1.82) is 0 Å². The van der Waals surface area contributed by atoms with E-state index < -0.39 is 6.09 Å². The zero-order valence-corrected chi connectivity index (χ0v) is 8.30. The Morgan fingerprint density at radius 2 is 2.27 bits per heavy atom. The molecule has 0 amide bonds. The number of benzene rings is 1. The molecule has 1 aromatic carbocycles. The highest BCUT2D eigenvalue weighted by atomic mass is 16.5. The van der Waals surface area contributed by atoms with Crippen LogP contribution in [0.15, 0.2) is 30.5 Å². The van der Waals surface area contributed by atoms with Crippen LogP contribution in [0.1, 0.15) is 6.92 Å². The molecule has 0 saturated carbocycles. The standard InChI is InChI=1S/C11H11NO3/c1-2-15-9-3-4-10-8(7-9)5-6-12(10)11(13)14/h3-7H,2H2,1H3,(H,13,14). The molecule has 0 aliphatic carbocycles. The Labute approximate surface area is 86.7 Å². The van der Waals surface area contributed by atoms with E-state index in [9.17, 15) is 4.79 Å². The fourth-order valence-corrected chi connectivity index (χ4v) is 1.54. The van der Waals surface area contributed by atoms with Crippen LogP contribution >= 0.6 is 0 Å². The number of aromatic nitrogens is 1. The van der Waals surface area contributed by atoms with Crippen molar-refractivity contribution in [3.63, 3.8) is 0 Å². The average Bonchev–Trinajstić information content (AvgIpc) is 2.61. The minimum Gasteiger partial charge on any atom is -0.494 e. The number of nitrogens with zero attached hydrogens (tertiary/aromatic N) is 1. The minimum absolute atomic E-state index is 0.602. The molecule has 4 heteroatoms. The molecule has 0 unspecified atom stereocenters. The van der Waals surface area contributed by atoms with E-state index in [0.717, 1.165) is 11.1 Å². The molecule has 0 radical (unpaired) electrons. The zero-order valence-electron chi connectivity index (χ0n) is 8.30. The quantitative estimate of drug-likeness (QED) is 0.819. The Bertz CT molecular complexity index is 502. The molecule has 4 nitrogen and oxygen atoms in total. The van der Waals surface area contributed by atoms with Gasteiger partial charge in [0, 0.05) is 11.6 Å². The van der Waals surface area contributed by atoms with Crippen molar-refractivity contribution < 1.29 is 14.6 Å². The van der Waals surface area contributed by atoms with E-state index in [4.69, 9.17) is 9.84 Å². The maximum Gasteiger partial charge on any atom is 0.415 e. The highest BCUT2D eigenvalue weighted by molar-refractivity contribution is 5.89. The van der Waals surface area contributed by atoms with Crippen LogP contribution in [0, 0.1) is 0 Å². The lowest BCUT2D eigenvalue weighted by Crippen LogP contribution is -2.05. The number of hydrogen-bond donors (Lipinski definition) is 1. The van der Waals surface area contributed by atoms with E-state index >= 15 is 0 Å². The molecule has 0 fully saturated rings. The summed E-state index contributed by atoms with van der Waals surface area (Å²) in [5.41, 5.74) is 0.672. The summed E-state index contributed by atoms with van der Waals surface area (Å²) in [5.74, 6) is 0.758. The predicted molar refractivity (Wildman–Crippen MR) is 56.5 cm³/mol. The maximum atomic E-state index is 10.8. The summed E-state index contributed by atoms with van der Waals surface area (Å²) in [6.07, 6.45) is 0.553. The van der Waals surface area contributed by atoms with Crippen LogP contribution in [0.3, 0.4) is 0 Å². The molecule has 1 N–H and O–H groups in total. The van der Waals surface area contributed by atoms with Crippen molar-refractivity contribution in [2.75, 3.05) is 6.61 Å². The van der Waals surface area contributed by atoms with E-state index in [1.807, 2.05) is 13.0 Å². The number of carboxylic acid groups (broad SMARTS) is 1. The van der Waals surface area contributed by atoms with Gasteiger partial charge in [-0.3, -0.25) is 4.57 Å². The molecule has 0 aliphatic heterocycles. The van der Waals surface area contributed by atoms with Gasteiger partial charge in [0.05, 0.1) is 12.1 Å². The van der Waals surface area contributed by atoms with Crippen molar-refractivity contribution in [1.82, 2.24) is 4.57 Å². The summed E-state index contributed by atoms with van der Waals surface area (Å²) in [6.45, 7) is 2.51. The highest BCUT2D eigenvalue weighted by Gasteiger charge is 2.06. The summed E-state index contributed by atoms with van der Waals surface area (Å²) in [6, 6.07) is 7.10. The molecule has 1 aromatic heterocycles. The van der Waals surface area contributed by atoms with E-state index in [1.165, 1.54) is 10.8 Å². The van der Waals surface area contributed by atoms with Gasteiger partial charge in [-0.05, 0) is 31.2 Å². The highest BCUT2D eigenvalue weighted by Crippen LogP contribution is 2.21. The van der Waals surface area contributed by atoms with E-state index in [0.29, 0.717) is 12.1 Å². The molecular formula is C11H11NO3. The van der Waals surface area contributed by atoms with Crippen molar-refractivity contribution in [3.8, 4) is 5.75 Å². The molecule has 0 atom stereocenters. The van der Waals surface area contributed by atoms with Gasteiger partial charge in [0.1, 0.15) is 5.75 Å². The fraction of sp³-hybridized carbons (Fsp3) is 0.182. The topological polar surface area (TPSA) is 51.5 Å². The first-order valence-corrected chi connectivity index (χ1v) is 4.69. The Balaban J connectivity index is 2.51. The average molecular weight is 205 g/mol. The summed E-state index contributed by atoms with van der Waals surface area (Å²) in [7, 11) is 0. The second-order valence-electron chi connectivity index (χ2n) is 3.12. The van der Waals surface area contributed by atoms with Gasteiger partial charge >= 0.3 is 6.09 Å². The van der Waals surface area contributed by atoms with Crippen molar-refractivity contribution in [3.05, 3.63) is 30.5 Å². The molecule has 0 aliphatic rings. The molecule has 15 heavy (non-hydrogen) atoms. The van der Waals surface area contributed by atoms with Crippen LogP contribution in [0.2, 0.25) is 0 Å². The lowest BCUT2D eigenvalue weighted by molar-refractivity contribution is 0.197. The number of ether oxygens (including phenoxy) is 1. The van der Waals surface area contributed by atoms with Crippen LogP contribution in [0.4, 0.5) is 4.79 Å². The molecule has 0 spiro atoms. The van der Waals surface area contributed by atoms with Gasteiger partial charge in [-0.25, -0.2) is 4.79 Å². The Kier molecular flexibility index (Phi) is 2.33. The SMILES string of the molecule is CCOc1ccc2c(ccn2C(=O)O)c1. The van der Waals surface area contributed by atoms with Gasteiger partial charge in [0.25, 0.3) is 0 Å². The lowest BCUT2D eigenvalue weighted by Gasteiger charge is -2.03. The monoisotopic (exact) mass is 205 g/mol. The lowest BCUT2D eigenvalue weighted by atomic mass is 10.2. The summed E-state index contributed by atoms with van der Waals surface area (Å²) in [5, 5.41) is 9.74. The van der Waals surface area contributed by atoms with E-state index in [2.05, 4.69) is 0 Å². The number of hydrogen-bond acceptors (Lipinski definition) is 2. The largest absolute Gasteiger partial charge is 0.494 e. The summed E-state index contributed by atoms with van der Waals surface area (Å²) >= 11 is 0. The second-order valence-corrected chi connectivity index (χ2v) is 3.12. The van der Waals surface area contributed by atoms with E-state index in [1.54, 1.807) is 18.2 Å². The van der Waals surface area contributed by atoms with Crippen LogP contribution in [-0.2, 0) is 0 Å². The van der Waals surface area contributed by atoms with Crippen LogP contribution in [0.5, 0.6) is 5.75 Å². The number of carbonyl (C=O) groups is 1. The smallest absolute Gasteiger partial charge is 0.415 e. The van der Waals surface area contributed by atoms with Gasteiger partial charge in [0.2, 0.25) is 0 Å². The van der Waals surface area contributed by atoms with Crippen LogP contribution < -0.4 is 4.74 Å². The molecular weight excluding hydrogens is 194 g/mol. The first-order chi connectivity index (χ1) is 7.22.